The van der Waals surface area contributed by atoms with E-state index in [4.69, 9.17) is 0 Å². The van der Waals surface area contributed by atoms with Gasteiger partial charge in [0, 0.05) is 32.9 Å². The van der Waals surface area contributed by atoms with E-state index in [0.29, 0.717) is 24.5 Å². The van der Waals surface area contributed by atoms with Gasteiger partial charge in [0.15, 0.2) is 5.96 Å². The number of rotatable bonds is 7. The third kappa shape index (κ3) is 7.17. The lowest BCUT2D eigenvalue weighted by Gasteiger charge is -2.16. The Morgan fingerprint density at radius 3 is 2.43 bits per heavy atom. The summed E-state index contributed by atoms with van der Waals surface area (Å²) in [4.78, 5) is 4.21. The average Bonchev–Trinajstić information content (AvgIpc) is 2.91. The Morgan fingerprint density at radius 1 is 1.20 bits per heavy atom. The number of halogens is 4. The summed E-state index contributed by atoms with van der Waals surface area (Å²) in [5.74, 6) is 0.684. The predicted octanol–water partition coefficient (Wildman–Crippen LogP) is 4.58. The van der Waals surface area contributed by atoms with Crippen molar-refractivity contribution in [3.05, 3.63) is 52.3 Å². The molecule has 0 spiro atoms. The largest absolute Gasteiger partial charge is 0.416 e. The van der Waals surface area contributed by atoms with Crippen molar-refractivity contribution in [2.75, 3.05) is 20.1 Å². The van der Waals surface area contributed by atoms with Gasteiger partial charge < -0.3 is 10.6 Å². The van der Waals surface area contributed by atoms with Crippen LogP contribution in [0.15, 0.2) is 29.3 Å². The van der Waals surface area contributed by atoms with Crippen molar-refractivity contribution in [3.8, 4) is 0 Å². The Balaban J connectivity index is 0.00000450. The molecule has 0 bridgehead atoms. The molecular formula is C21H31F3IN5. The first-order chi connectivity index (χ1) is 13.6. The van der Waals surface area contributed by atoms with E-state index in [9.17, 15) is 13.2 Å². The van der Waals surface area contributed by atoms with Gasteiger partial charge in [0.25, 0.3) is 0 Å². The number of hydrogen-bond donors (Lipinski definition) is 2. The summed E-state index contributed by atoms with van der Waals surface area (Å²) in [6.07, 6.45) is -2.78. The standard InChI is InChI=1S/C21H30F3N5.HI/c1-14(17-7-6-8-18(13-17)21(22,23)24)9-11-26-20(25-4)27-12-10-19-15(2)28-29(5)16(19)3;/h6-8,13-14H,9-12H2,1-5H3,(H2,25,26,27);1H. The molecule has 2 aromatic rings. The van der Waals surface area contributed by atoms with Crippen LogP contribution < -0.4 is 10.6 Å². The zero-order valence-electron chi connectivity index (χ0n) is 18.1. The van der Waals surface area contributed by atoms with Crippen LogP contribution in [0.3, 0.4) is 0 Å². The molecular weight excluding hydrogens is 506 g/mol. The molecule has 1 aromatic carbocycles. The van der Waals surface area contributed by atoms with Crippen molar-refractivity contribution >= 4 is 29.9 Å². The highest BCUT2D eigenvalue weighted by atomic mass is 127. The zero-order valence-corrected chi connectivity index (χ0v) is 20.4. The number of aryl methyl sites for hydroxylation is 2. The maximum absolute atomic E-state index is 12.9. The molecule has 5 nitrogen and oxygen atoms in total. The van der Waals surface area contributed by atoms with Gasteiger partial charge in [-0.05, 0) is 49.8 Å². The highest BCUT2D eigenvalue weighted by molar-refractivity contribution is 14.0. The first kappa shape index (κ1) is 26.3. The number of nitrogens with zero attached hydrogens (tertiary/aromatic N) is 3. The van der Waals surface area contributed by atoms with E-state index in [2.05, 4.69) is 27.6 Å². The summed E-state index contributed by atoms with van der Waals surface area (Å²) in [6.45, 7) is 7.32. The molecule has 2 rings (SSSR count). The highest BCUT2D eigenvalue weighted by Crippen LogP contribution is 2.31. The summed E-state index contributed by atoms with van der Waals surface area (Å²) in [5, 5.41) is 10.9. The van der Waals surface area contributed by atoms with Crippen LogP contribution in [-0.2, 0) is 19.6 Å². The normalized spacial score (nSPS) is 13.0. The second-order valence-corrected chi connectivity index (χ2v) is 7.26. The van der Waals surface area contributed by atoms with Gasteiger partial charge in [-0.15, -0.1) is 24.0 Å². The lowest BCUT2D eigenvalue weighted by molar-refractivity contribution is -0.137. The summed E-state index contributed by atoms with van der Waals surface area (Å²) in [6, 6.07) is 5.54. The van der Waals surface area contributed by atoms with Crippen molar-refractivity contribution in [2.24, 2.45) is 12.0 Å². The minimum Gasteiger partial charge on any atom is -0.356 e. The smallest absolute Gasteiger partial charge is 0.356 e. The van der Waals surface area contributed by atoms with Gasteiger partial charge in [-0.3, -0.25) is 9.67 Å². The third-order valence-electron chi connectivity index (χ3n) is 5.20. The van der Waals surface area contributed by atoms with Crippen LogP contribution in [0.5, 0.6) is 0 Å². The number of hydrogen-bond acceptors (Lipinski definition) is 2. The molecule has 0 aliphatic carbocycles. The molecule has 9 heteroatoms. The quantitative estimate of drug-likeness (QED) is 0.309. The van der Waals surface area contributed by atoms with E-state index in [1.807, 2.05) is 25.6 Å². The van der Waals surface area contributed by atoms with Gasteiger partial charge >= 0.3 is 6.18 Å². The van der Waals surface area contributed by atoms with Crippen molar-refractivity contribution in [1.29, 1.82) is 0 Å². The molecule has 0 radical (unpaired) electrons. The summed E-state index contributed by atoms with van der Waals surface area (Å²) in [7, 11) is 3.64. The predicted molar refractivity (Wildman–Crippen MR) is 126 cm³/mol. The second kappa shape index (κ2) is 11.6. The first-order valence-electron chi connectivity index (χ1n) is 9.74. The fourth-order valence-corrected chi connectivity index (χ4v) is 3.30. The average molecular weight is 537 g/mol. The van der Waals surface area contributed by atoms with E-state index in [0.717, 1.165) is 30.4 Å². The van der Waals surface area contributed by atoms with Crippen LogP contribution in [0.4, 0.5) is 13.2 Å². The molecule has 1 heterocycles. The van der Waals surface area contributed by atoms with Crippen LogP contribution in [0.25, 0.3) is 0 Å². The summed E-state index contributed by atoms with van der Waals surface area (Å²) >= 11 is 0. The van der Waals surface area contributed by atoms with Crippen molar-refractivity contribution in [2.45, 2.75) is 45.7 Å². The molecule has 1 aromatic heterocycles. The van der Waals surface area contributed by atoms with Crippen LogP contribution in [0.1, 0.15) is 47.3 Å². The van der Waals surface area contributed by atoms with E-state index in [-0.39, 0.29) is 29.9 Å². The molecule has 1 atom stereocenters. The number of alkyl halides is 3. The summed E-state index contributed by atoms with van der Waals surface area (Å²) < 4.78 is 40.5. The number of benzene rings is 1. The number of aliphatic imine (C=N–C) groups is 1. The van der Waals surface area contributed by atoms with Crippen LogP contribution >= 0.6 is 24.0 Å². The molecule has 0 aliphatic heterocycles. The first-order valence-corrected chi connectivity index (χ1v) is 9.74. The van der Waals surface area contributed by atoms with Crippen molar-refractivity contribution < 1.29 is 13.2 Å². The molecule has 0 saturated heterocycles. The number of nitrogens with one attached hydrogen (secondary N) is 2. The minimum absolute atomic E-state index is 0. The fraction of sp³-hybridized carbons (Fsp3) is 0.524. The Hall–Kier alpha value is -1.78. The highest BCUT2D eigenvalue weighted by Gasteiger charge is 2.30. The van der Waals surface area contributed by atoms with Gasteiger partial charge in [0.2, 0.25) is 0 Å². The molecule has 1 unspecified atom stereocenters. The molecule has 0 amide bonds. The van der Waals surface area contributed by atoms with E-state index in [1.165, 1.54) is 17.7 Å². The Morgan fingerprint density at radius 2 is 1.87 bits per heavy atom. The summed E-state index contributed by atoms with van der Waals surface area (Å²) in [5.41, 5.74) is 3.50. The Bertz CT molecular complexity index is 846. The van der Waals surface area contributed by atoms with Crippen LogP contribution in [-0.4, -0.2) is 35.9 Å². The van der Waals surface area contributed by atoms with Gasteiger partial charge in [-0.1, -0.05) is 25.1 Å². The molecule has 0 fully saturated rings. The van der Waals surface area contributed by atoms with Crippen LogP contribution in [0.2, 0.25) is 0 Å². The lowest BCUT2D eigenvalue weighted by Crippen LogP contribution is -2.39. The molecule has 0 saturated carbocycles. The van der Waals surface area contributed by atoms with Crippen LogP contribution in [0, 0.1) is 13.8 Å². The third-order valence-corrected chi connectivity index (χ3v) is 5.20. The maximum atomic E-state index is 12.9. The Labute approximate surface area is 193 Å². The van der Waals surface area contributed by atoms with Crippen molar-refractivity contribution in [3.63, 3.8) is 0 Å². The van der Waals surface area contributed by atoms with Gasteiger partial charge in [-0.2, -0.15) is 18.3 Å². The van der Waals surface area contributed by atoms with E-state index >= 15 is 0 Å². The minimum atomic E-state index is -4.31. The Kier molecular flexibility index (Phi) is 10.1. The monoisotopic (exact) mass is 537 g/mol. The molecule has 168 valence electrons. The maximum Gasteiger partial charge on any atom is 0.416 e. The zero-order chi connectivity index (χ0) is 21.6. The van der Waals surface area contributed by atoms with E-state index in [1.54, 1.807) is 13.1 Å². The molecule has 2 N–H and O–H groups in total. The fourth-order valence-electron chi connectivity index (χ4n) is 3.30. The molecule has 30 heavy (non-hydrogen) atoms. The van der Waals surface area contributed by atoms with Crippen molar-refractivity contribution in [1.82, 2.24) is 20.4 Å². The van der Waals surface area contributed by atoms with E-state index < -0.39 is 11.7 Å². The lowest BCUT2D eigenvalue weighted by atomic mass is 9.96. The number of aromatic nitrogens is 2. The topological polar surface area (TPSA) is 54.2 Å². The number of guanidine groups is 1. The van der Waals surface area contributed by atoms with Gasteiger partial charge in [0.1, 0.15) is 0 Å². The molecule has 0 aliphatic rings. The van der Waals surface area contributed by atoms with Gasteiger partial charge in [-0.25, -0.2) is 0 Å². The van der Waals surface area contributed by atoms with Gasteiger partial charge in [0.05, 0.1) is 11.3 Å². The second-order valence-electron chi connectivity index (χ2n) is 7.26. The SMILES string of the molecule is CN=C(NCCc1c(C)nn(C)c1C)NCCC(C)c1cccc(C(F)(F)F)c1.I.